The number of nitrogens with one attached hydrogen (secondary N) is 2. The number of benzene rings is 2. The van der Waals surface area contributed by atoms with Gasteiger partial charge in [-0.1, -0.05) is 39.0 Å². The van der Waals surface area contributed by atoms with Crippen LogP contribution in [0.25, 0.3) is 0 Å². The maximum atomic E-state index is 12.4. The molecule has 0 radical (unpaired) electrons. The van der Waals surface area contributed by atoms with Gasteiger partial charge in [0, 0.05) is 29.8 Å². The molecule has 0 saturated carbocycles. The highest BCUT2D eigenvalue weighted by Crippen LogP contribution is 2.24. The summed E-state index contributed by atoms with van der Waals surface area (Å²) in [5.74, 6) is 0.821. The lowest BCUT2D eigenvalue weighted by molar-refractivity contribution is 0.102. The van der Waals surface area contributed by atoms with Crippen LogP contribution in [0.4, 0.5) is 17.3 Å². The number of carbonyl (C=O) groups excluding carboxylic acids is 1. The van der Waals surface area contributed by atoms with Crippen LogP contribution in [0.3, 0.4) is 0 Å². The predicted octanol–water partition coefficient (Wildman–Crippen LogP) is 4.78. The molecule has 0 bridgehead atoms. The van der Waals surface area contributed by atoms with Gasteiger partial charge < -0.3 is 15.4 Å². The quantitative estimate of drug-likeness (QED) is 0.670. The highest BCUT2D eigenvalue weighted by molar-refractivity contribution is 6.04. The zero-order chi connectivity index (χ0) is 20.1. The summed E-state index contributed by atoms with van der Waals surface area (Å²) < 4.78 is 5.16. The van der Waals surface area contributed by atoms with E-state index in [1.807, 2.05) is 24.3 Å². The van der Waals surface area contributed by atoms with Crippen LogP contribution < -0.4 is 15.4 Å². The lowest BCUT2D eigenvalue weighted by atomic mass is 9.87. The Bertz CT molecular complexity index is 946. The minimum atomic E-state index is -0.283. The summed E-state index contributed by atoms with van der Waals surface area (Å²) in [5, 5.41) is 5.95. The molecule has 0 aliphatic carbocycles. The lowest BCUT2D eigenvalue weighted by Gasteiger charge is -2.19. The van der Waals surface area contributed by atoms with Crippen LogP contribution in [0.1, 0.15) is 36.7 Å². The van der Waals surface area contributed by atoms with Crippen molar-refractivity contribution in [2.24, 2.45) is 0 Å². The SMILES string of the molecule is COc1cccc(NC(=O)c2cnc(Nc3ccc(C(C)(C)C)cc3)nc2)c1. The number of hydrogen-bond acceptors (Lipinski definition) is 5. The summed E-state index contributed by atoms with van der Waals surface area (Å²) in [5.41, 5.74) is 3.26. The molecule has 6 nitrogen and oxygen atoms in total. The molecule has 0 aliphatic heterocycles. The Morgan fingerprint density at radius 2 is 1.64 bits per heavy atom. The number of nitrogens with zero attached hydrogens (tertiary/aromatic N) is 2. The maximum Gasteiger partial charge on any atom is 0.258 e. The molecule has 2 N–H and O–H groups in total. The van der Waals surface area contributed by atoms with Crippen LogP contribution in [0.15, 0.2) is 60.9 Å². The van der Waals surface area contributed by atoms with Crippen LogP contribution in [-0.4, -0.2) is 23.0 Å². The van der Waals surface area contributed by atoms with Gasteiger partial charge in [0.2, 0.25) is 5.95 Å². The molecule has 0 fully saturated rings. The van der Waals surface area contributed by atoms with Gasteiger partial charge in [0.25, 0.3) is 5.91 Å². The number of hydrogen-bond donors (Lipinski definition) is 2. The van der Waals surface area contributed by atoms with E-state index >= 15 is 0 Å². The summed E-state index contributed by atoms with van der Waals surface area (Å²) >= 11 is 0. The highest BCUT2D eigenvalue weighted by atomic mass is 16.5. The summed E-state index contributed by atoms with van der Waals surface area (Å²) in [6.07, 6.45) is 2.99. The van der Waals surface area contributed by atoms with Crippen molar-refractivity contribution in [3.05, 3.63) is 72.1 Å². The lowest BCUT2D eigenvalue weighted by Crippen LogP contribution is -2.13. The van der Waals surface area contributed by atoms with Crippen LogP contribution in [0.5, 0.6) is 5.75 Å². The van der Waals surface area contributed by atoms with Gasteiger partial charge in [-0.3, -0.25) is 4.79 Å². The fourth-order valence-electron chi connectivity index (χ4n) is 2.60. The number of rotatable bonds is 5. The van der Waals surface area contributed by atoms with E-state index in [0.29, 0.717) is 22.9 Å². The Balaban J connectivity index is 1.65. The third kappa shape index (κ3) is 4.85. The van der Waals surface area contributed by atoms with Crippen molar-refractivity contribution in [1.82, 2.24) is 9.97 Å². The number of amides is 1. The molecule has 0 saturated heterocycles. The molecule has 3 rings (SSSR count). The molecule has 144 valence electrons. The molecular formula is C22H24N4O2. The molecule has 28 heavy (non-hydrogen) atoms. The summed E-state index contributed by atoms with van der Waals surface area (Å²) in [7, 11) is 1.58. The Hall–Kier alpha value is -3.41. The van der Waals surface area contributed by atoms with E-state index in [-0.39, 0.29) is 11.3 Å². The molecule has 1 aromatic heterocycles. The number of methoxy groups -OCH3 is 1. The van der Waals surface area contributed by atoms with Crippen molar-refractivity contribution >= 4 is 23.2 Å². The second-order valence-electron chi connectivity index (χ2n) is 7.43. The molecule has 1 heterocycles. The molecule has 0 spiro atoms. The molecule has 0 atom stereocenters. The van der Waals surface area contributed by atoms with Gasteiger partial charge >= 0.3 is 0 Å². The monoisotopic (exact) mass is 376 g/mol. The summed E-state index contributed by atoms with van der Waals surface area (Å²) in [6, 6.07) is 15.3. The fraction of sp³-hybridized carbons (Fsp3) is 0.227. The summed E-state index contributed by atoms with van der Waals surface area (Å²) in [4.78, 5) is 20.8. The number of anilines is 3. The largest absolute Gasteiger partial charge is 0.497 e. The van der Waals surface area contributed by atoms with Gasteiger partial charge in [-0.2, -0.15) is 0 Å². The number of aromatic nitrogens is 2. The van der Waals surface area contributed by atoms with E-state index in [2.05, 4.69) is 53.5 Å². The average molecular weight is 376 g/mol. The molecule has 6 heteroatoms. The Labute approximate surface area is 165 Å². The van der Waals surface area contributed by atoms with Gasteiger partial charge in [0.05, 0.1) is 12.7 Å². The summed E-state index contributed by atoms with van der Waals surface area (Å²) in [6.45, 7) is 6.52. The average Bonchev–Trinajstić information content (AvgIpc) is 2.68. The van der Waals surface area contributed by atoms with Crippen molar-refractivity contribution in [3.8, 4) is 5.75 Å². The fourth-order valence-corrected chi connectivity index (χ4v) is 2.60. The molecule has 0 unspecified atom stereocenters. The van der Waals surface area contributed by atoms with E-state index in [1.54, 1.807) is 19.2 Å². The van der Waals surface area contributed by atoms with Crippen molar-refractivity contribution in [2.75, 3.05) is 17.7 Å². The predicted molar refractivity (Wildman–Crippen MR) is 111 cm³/mol. The number of carbonyl (C=O) groups is 1. The molecule has 3 aromatic rings. The zero-order valence-corrected chi connectivity index (χ0v) is 16.5. The second kappa shape index (κ2) is 8.08. The molecule has 0 aliphatic rings. The van der Waals surface area contributed by atoms with Gasteiger partial charge in [-0.15, -0.1) is 0 Å². The normalized spacial score (nSPS) is 11.0. The van der Waals surface area contributed by atoms with Gasteiger partial charge in [0.1, 0.15) is 5.75 Å². The molecular weight excluding hydrogens is 352 g/mol. The van der Waals surface area contributed by atoms with E-state index in [9.17, 15) is 4.79 Å². The number of ether oxygens (including phenoxy) is 1. The minimum Gasteiger partial charge on any atom is -0.497 e. The first-order chi connectivity index (χ1) is 13.3. The van der Waals surface area contributed by atoms with Crippen LogP contribution in [-0.2, 0) is 5.41 Å². The van der Waals surface area contributed by atoms with Crippen molar-refractivity contribution in [2.45, 2.75) is 26.2 Å². The highest BCUT2D eigenvalue weighted by Gasteiger charge is 2.13. The topological polar surface area (TPSA) is 76.1 Å². The van der Waals surface area contributed by atoms with E-state index < -0.39 is 0 Å². The van der Waals surface area contributed by atoms with Gasteiger partial charge in [0.15, 0.2) is 0 Å². The Kier molecular flexibility index (Phi) is 5.59. The van der Waals surface area contributed by atoms with E-state index in [1.165, 1.54) is 18.0 Å². The van der Waals surface area contributed by atoms with Crippen molar-refractivity contribution in [1.29, 1.82) is 0 Å². The minimum absolute atomic E-state index is 0.104. The first-order valence-corrected chi connectivity index (χ1v) is 9.00. The smallest absolute Gasteiger partial charge is 0.258 e. The standard InChI is InChI=1S/C22H24N4O2/c1-22(2,3)16-8-10-17(11-9-16)26-21-23-13-15(14-24-21)20(27)25-18-6-5-7-19(12-18)28-4/h5-14H,1-4H3,(H,25,27)(H,23,24,26). The third-order valence-corrected chi connectivity index (χ3v) is 4.25. The second-order valence-corrected chi connectivity index (χ2v) is 7.43. The van der Waals surface area contributed by atoms with E-state index in [4.69, 9.17) is 4.74 Å². The van der Waals surface area contributed by atoms with Crippen LogP contribution >= 0.6 is 0 Å². The zero-order valence-electron chi connectivity index (χ0n) is 16.5. The first-order valence-electron chi connectivity index (χ1n) is 9.00. The third-order valence-electron chi connectivity index (χ3n) is 4.25. The molecule has 1 amide bonds. The van der Waals surface area contributed by atoms with Crippen LogP contribution in [0, 0.1) is 0 Å². The van der Waals surface area contributed by atoms with Gasteiger partial charge in [-0.05, 0) is 35.2 Å². The van der Waals surface area contributed by atoms with Crippen LogP contribution in [0.2, 0.25) is 0 Å². The van der Waals surface area contributed by atoms with Gasteiger partial charge in [-0.25, -0.2) is 9.97 Å². The Morgan fingerprint density at radius 1 is 0.964 bits per heavy atom. The Morgan fingerprint density at radius 3 is 2.25 bits per heavy atom. The van der Waals surface area contributed by atoms with E-state index in [0.717, 1.165) is 5.69 Å². The van der Waals surface area contributed by atoms with Crippen molar-refractivity contribution in [3.63, 3.8) is 0 Å². The maximum absolute atomic E-state index is 12.4. The van der Waals surface area contributed by atoms with Crippen molar-refractivity contribution < 1.29 is 9.53 Å². The molecule has 2 aromatic carbocycles. The first kappa shape index (κ1) is 19.4.